The van der Waals surface area contributed by atoms with Crippen LogP contribution in [0.15, 0.2) is 29.0 Å². The van der Waals surface area contributed by atoms with E-state index in [1.54, 1.807) is 0 Å². The lowest BCUT2D eigenvalue weighted by molar-refractivity contribution is -0.122. The molecule has 7 nitrogen and oxygen atoms in total. The molecule has 0 spiro atoms. The van der Waals surface area contributed by atoms with Crippen LogP contribution in [-0.4, -0.2) is 32.7 Å². The lowest BCUT2D eigenvalue weighted by Gasteiger charge is -2.26. The summed E-state index contributed by atoms with van der Waals surface area (Å²) >= 11 is 3.43. The summed E-state index contributed by atoms with van der Waals surface area (Å²) in [6.07, 6.45) is 2.15. The molecule has 1 N–H and O–H groups in total. The molecule has 0 fully saturated rings. The van der Waals surface area contributed by atoms with Gasteiger partial charge in [0.05, 0.1) is 12.6 Å². The van der Waals surface area contributed by atoms with E-state index in [1.807, 2.05) is 18.2 Å². The standard InChI is InChI=1S/C12H12BrN5O2/c13-8-1-2-11-9(5-8)10(3-4-20-11)15-12(19)6-18-7-14-16-17-18/h1-2,5,7,10H,3-4,6H2,(H,15,19). The molecule has 0 saturated heterocycles. The third-order valence-electron chi connectivity index (χ3n) is 3.04. The average Bonchev–Trinajstić information content (AvgIpc) is 2.92. The Balaban J connectivity index is 1.72. The van der Waals surface area contributed by atoms with Gasteiger partial charge in [-0.1, -0.05) is 15.9 Å². The Morgan fingerprint density at radius 1 is 1.55 bits per heavy atom. The Labute approximate surface area is 123 Å². The van der Waals surface area contributed by atoms with Gasteiger partial charge >= 0.3 is 0 Å². The summed E-state index contributed by atoms with van der Waals surface area (Å²) in [5.74, 6) is 0.683. The maximum Gasteiger partial charge on any atom is 0.242 e. The minimum absolute atomic E-state index is 0.0553. The average molecular weight is 338 g/mol. The van der Waals surface area contributed by atoms with Gasteiger partial charge in [0, 0.05) is 16.5 Å². The number of amides is 1. The first-order valence-electron chi connectivity index (χ1n) is 6.15. The van der Waals surface area contributed by atoms with Crippen LogP contribution in [0.1, 0.15) is 18.0 Å². The number of aromatic nitrogens is 4. The Kier molecular flexibility index (Phi) is 3.64. The van der Waals surface area contributed by atoms with Crippen molar-refractivity contribution in [2.24, 2.45) is 0 Å². The van der Waals surface area contributed by atoms with Gasteiger partial charge in [0.25, 0.3) is 0 Å². The number of halogens is 1. The molecule has 1 aromatic carbocycles. The monoisotopic (exact) mass is 337 g/mol. The molecule has 0 saturated carbocycles. The number of hydrogen-bond acceptors (Lipinski definition) is 5. The maximum absolute atomic E-state index is 12.0. The molecule has 8 heteroatoms. The van der Waals surface area contributed by atoms with Crippen molar-refractivity contribution in [2.75, 3.05) is 6.61 Å². The zero-order chi connectivity index (χ0) is 13.9. The van der Waals surface area contributed by atoms with Crippen molar-refractivity contribution < 1.29 is 9.53 Å². The van der Waals surface area contributed by atoms with Gasteiger partial charge in [-0.3, -0.25) is 4.79 Å². The Bertz CT molecular complexity index is 616. The smallest absolute Gasteiger partial charge is 0.242 e. The van der Waals surface area contributed by atoms with E-state index in [1.165, 1.54) is 11.0 Å². The summed E-state index contributed by atoms with van der Waals surface area (Å²) in [5.41, 5.74) is 0.982. The van der Waals surface area contributed by atoms with Crippen LogP contribution in [0.25, 0.3) is 0 Å². The highest BCUT2D eigenvalue weighted by molar-refractivity contribution is 9.10. The van der Waals surface area contributed by atoms with E-state index in [4.69, 9.17) is 4.74 Å². The van der Waals surface area contributed by atoms with Crippen LogP contribution in [0.4, 0.5) is 0 Å². The van der Waals surface area contributed by atoms with Crippen molar-refractivity contribution >= 4 is 21.8 Å². The minimum Gasteiger partial charge on any atom is -0.493 e. The number of nitrogens with zero attached hydrogens (tertiary/aromatic N) is 4. The predicted molar refractivity (Wildman–Crippen MR) is 73.0 cm³/mol. The summed E-state index contributed by atoms with van der Waals surface area (Å²) in [6.45, 7) is 0.693. The van der Waals surface area contributed by atoms with E-state index in [-0.39, 0.29) is 18.5 Å². The highest BCUT2D eigenvalue weighted by atomic mass is 79.9. The van der Waals surface area contributed by atoms with Crippen molar-refractivity contribution in [1.82, 2.24) is 25.5 Å². The van der Waals surface area contributed by atoms with Gasteiger partial charge < -0.3 is 10.1 Å². The first-order valence-corrected chi connectivity index (χ1v) is 6.94. The molecular weight excluding hydrogens is 326 g/mol. The fourth-order valence-corrected chi connectivity index (χ4v) is 2.53. The zero-order valence-electron chi connectivity index (χ0n) is 10.5. The number of carbonyl (C=O) groups excluding carboxylic acids is 1. The highest BCUT2D eigenvalue weighted by Crippen LogP contribution is 2.33. The van der Waals surface area contributed by atoms with Crippen LogP contribution in [0.2, 0.25) is 0 Å². The molecule has 1 atom stereocenters. The van der Waals surface area contributed by atoms with Crippen molar-refractivity contribution in [3.63, 3.8) is 0 Å². The van der Waals surface area contributed by atoms with Gasteiger partial charge in [-0.25, -0.2) is 4.68 Å². The summed E-state index contributed by atoms with van der Waals surface area (Å²) in [6, 6.07) is 5.74. The van der Waals surface area contributed by atoms with Crippen LogP contribution in [-0.2, 0) is 11.3 Å². The number of rotatable bonds is 3. The first kappa shape index (κ1) is 13.0. The van der Waals surface area contributed by atoms with Crippen molar-refractivity contribution in [3.8, 4) is 5.75 Å². The summed E-state index contributed by atoms with van der Waals surface area (Å²) in [5, 5.41) is 13.6. The summed E-state index contributed by atoms with van der Waals surface area (Å²) in [7, 11) is 0. The molecule has 1 unspecified atom stereocenters. The Morgan fingerprint density at radius 2 is 2.45 bits per heavy atom. The summed E-state index contributed by atoms with van der Waals surface area (Å²) < 4.78 is 7.93. The van der Waals surface area contributed by atoms with E-state index < -0.39 is 0 Å². The van der Waals surface area contributed by atoms with Crippen molar-refractivity contribution in [3.05, 3.63) is 34.6 Å². The normalized spacial score (nSPS) is 17.1. The van der Waals surface area contributed by atoms with Gasteiger partial charge in [-0.2, -0.15) is 0 Å². The molecule has 0 radical (unpaired) electrons. The lowest BCUT2D eigenvalue weighted by Crippen LogP contribution is -2.34. The number of carbonyl (C=O) groups is 1. The van der Waals surface area contributed by atoms with E-state index in [0.717, 1.165) is 22.2 Å². The number of ether oxygens (including phenoxy) is 1. The van der Waals surface area contributed by atoms with Crippen LogP contribution in [0.3, 0.4) is 0 Å². The van der Waals surface area contributed by atoms with Crippen LogP contribution in [0.5, 0.6) is 5.75 Å². The number of tetrazole rings is 1. The fourth-order valence-electron chi connectivity index (χ4n) is 2.16. The molecule has 3 rings (SSSR count). The van der Waals surface area contributed by atoms with Crippen molar-refractivity contribution in [1.29, 1.82) is 0 Å². The molecule has 2 aromatic rings. The molecule has 0 bridgehead atoms. The second-order valence-electron chi connectivity index (χ2n) is 4.45. The second-order valence-corrected chi connectivity index (χ2v) is 5.36. The Hall–Kier alpha value is -1.96. The highest BCUT2D eigenvalue weighted by Gasteiger charge is 2.23. The third-order valence-corrected chi connectivity index (χ3v) is 3.54. The third kappa shape index (κ3) is 2.79. The molecule has 104 valence electrons. The quantitative estimate of drug-likeness (QED) is 0.906. The molecule has 2 heterocycles. The fraction of sp³-hybridized carbons (Fsp3) is 0.333. The van der Waals surface area contributed by atoms with E-state index in [9.17, 15) is 4.79 Å². The number of hydrogen-bond donors (Lipinski definition) is 1. The molecule has 1 aliphatic heterocycles. The molecule has 1 amide bonds. The maximum atomic E-state index is 12.0. The van der Waals surface area contributed by atoms with Crippen LogP contribution < -0.4 is 10.1 Å². The Morgan fingerprint density at radius 3 is 3.25 bits per heavy atom. The van der Waals surface area contributed by atoms with Crippen molar-refractivity contribution in [2.45, 2.75) is 19.0 Å². The molecule has 0 aliphatic carbocycles. The molecule has 1 aliphatic rings. The predicted octanol–water partition coefficient (Wildman–Crippen LogP) is 1.08. The van der Waals surface area contributed by atoms with Crippen LogP contribution >= 0.6 is 15.9 Å². The molecular formula is C12H12BrN5O2. The second kappa shape index (κ2) is 5.58. The van der Waals surface area contributed by atoms with Gasteiger partial charge in [0.2, 0.25) is 5.91 Å². The van der Waals surface area contributed by atoms with E-state index in [0.29, 0.717) is 6.61 Å². The topological polar surface area (TPSA) is 81.9 Å². The van der Waals surface area contributed by atoms with E-state index >= 15 is 0 Å². The summed E-state index contributed by atoms with van der Waals surface area (Å²) in [4.78, 5) is 12.0. The van der Waals surface area contributed by atoms with Gasteiger partial charge in [0.1, 0.15) is 18.6 Å². The molecule has 20 heavy (non-hydrogen) atoms. The number of fused-ring (bicyclic) bond motifs is 1. The molecule has 1 aromatic heterocycles. The number of benzene rings is 1. The van der Waals surface area contributed by atoms with Gasteiger partial charge in [0.15, 0.2) is 0 Å². The lowest BCUT2D eigenvalue weighted by atomic mass is 10.0. The van der Waals surface area contributed by atoms with Crippen LogP contribution in [0, 0.1) is 0 Å². The zero-order valence-corrected chi connectivity index (χ0v) is 12.1. The van der Waals surface area contributed by atoms with E-state index in [2.05, 4.69) is 36.8 Å². The number of nitrogens with one attached hydrogen (secondary N) is 1. The van der Waals surface area contributed by atoms with Gasteiger partial charge in [-0.05, 0) is 28.6 Å². The minimum atomic E-state index is -0.130. The SMILES string of the molecule is O=C(Cn1cnnn1)NC1CCOc2ccc(Br)cc21. The first-order chi connectivity index (χ1) is 9.72. The largest absolute Gasteiger partial charge is 0.493 e. The van der Waals surface area contributed by atoms with Gasteiger partial charge in [-0.15, -0.1) is 5.10 Å².